The van der Waals surface area contributed by atoms with E-state index in [-0.39, 0.29) is 23.4 Å². The fourth-order valence-corrected chi connectivity index (χ4v) is 3.42. The molecule has 0 fully saturated rings. The van der Waals surface area contributed by atoms with Crippen LogP contribution in [0.5, 0.6) is 5.75 Å². The van der Waals surface area contributed by atoms with Crippen LogP contribution in [0.2, 0.25) is 0 Å². The van der Waals surface area contributed by atoms with Crippen LogP contribution in [0.3, 0.4) is 0 Å². The van der Waals surface area contributed by atoms with E-state index in [2.05, 4.69) is 4.98 Å². The number of nitrogens with zero attached hydrogens (tertiary/aromatic N) is 1. The molecule has 0 saturated heterocycles. The lowest BCUT2D eigenvalue weighted by molar-refractivity contribution is -0.118. The number of carboxylic acids is 1. The van der Waals surface area contributed by atoms with Crippen molar-refractivity contribution in [3.8, 4) is 28.1 Å². The van der Waals surface area contributed by atoms with Gasteiger partial charge in [0.25, 0.3) is 0 Å². The SMILES string of the molecule is COc1cccc(-c2ccc(-c3cc(C(=O)O)c4c(n3)COC4OC)c(F)c2)c1. The Kier molecular flexibility index (Phi) is 5.00. The second-order valence-corrected chi connectivity index (χ2v) is 6.53. The fraction of sp³-hybridized carbons (Fsp3) is 0.182. The molecule has 1 aromatic heterocycles. The Hall–Kier alpha value is -3.29. The van der Waals surface area contributed by atoms with Gasteiger partial charge < -0.3 is 19.3 Å². The molecule has 2 heterocycles. The van der Waals surface area contributed by atoms with E-state index in [9.17, 15) is 14.3 Å². The molecule has 6 nitrogen and oxygen atoms in total. The minimum atomic E-state index is -1.15. The Labute approximate surface area is 166 Å². The number of fused-ring (bicyclic) bond motifs is 1. The van der Waals surface area contributed by atoms with Crippen LogP contribution in [0.4, 0.5) is 4.39 Å². The van der Waals surface area contributed by atoms with Crippen molar-refractivity contribution in [2.24, 2.45) is 0 Å². The number of rotatable bonds is 5. The summed E-state index contributed by atoms with van der Waals surface area (Å²) in [5, 5.41) is 9.60. The standard InChI is InChI=1S/C22H18FNO5/c1-27-14-5-3-4-12(8-14)13-6-7-15(17(23)9-13)18-10-16(21(25)26)20-19(24-18)11-29-22(20)28-2/h3-10,22H,11H2,1-2H3,(H,25,26). The number of benzene rings is 2. The number of carbonyl (C=O) groups is 1. The predicted octanol–water partition coefficient (Wildman–Crippen LogP) is 4.44. The van der Waals surface area contributed by atoms with Crippen LogP contribution in [0, 0.1) is 5.82 Å². The number of aromatic nitrogens is 1. The highest BCUT2D eigenvalue weighted by atomic mass is 19.1. The fourth-order valence-electron chi connectivity index (χ4n) is 3.42. The smallest absolute Gasteiger partial charge is 0.336 e. The molecule has 0 saturated carbocycles. The van der Waals surface area contributed by atoms with Gasteiger partial charge in [0.15, 0.2) is 6.29 Å². The molecule has 3 aromatic rings. The van der Waals surface area contributed by atoms with Crippen LogP contribution in [0.25, 0.3) is 22.4 Å². The van der Waals surface area contributed by atoms with Crippen LogP contribution in [-0.4, -0.2) is 30.3 Å². The molecule has 0 amide bonds. The molecule has 0 bridgehead atoms. The van der Waals surface area contributed by atoms with E-state index in [0.29, 0.717) is 22.6 Å². The number of methoxy groups -OCH3 is 2. The highest BCUT2D eigenvalue weighted by Crippen LogP contribution is 2.36. The van der Waals surface area contributed by atoms with E-state index in [4.69, 9.17) is 14.2 Å². The zero-order valence-corrected chi connectivity index (χ0v) is 15.8. The number of halogens is 1. The Morgan fingerprint density at radius 3 is 2.66 bits per heavy atom. The minimum absolute atomic E-state index is 0.00868. The number of hydrogen-bond acceptors (Lipinski definition) is 5. The van der Waals surface area contributed by atoms with Crippen molar-refractivity contribution in [3.63, 3.8) is 0 Å². The topological polar surface area (TPSA) is 77.9 Å². The number of carboxylic acid groups (broad SMARTS) is 1. The Balaban J connectivity index is 1.78. The van der Waals surface area contributed by atoms with Crippen molar-refractivity contribution in [2.75, 3.05) is 14.2 Å². The summed E-state index contributed by atoms with van der Waals surface area (Å²) in [4.78, 5) is 16.2. The maximum absolute atomic E-state index is 15.0. The summed E-state index contributed by atoms with van der Waals surface area (Å²) in [5.74, 6) is -0.978. The van der Waals surface area contributed by atoms with Gasteiger partial charge in [0, 0.05) is 18.2 Å². The average Bonchev–Trinajstić information content (AvgIpc) is 3.16. The van der Waals surface area contributed by atoms with Gasteiger partial charge in [-0.2, -0.15) is 0 Å². The van der Waals surface area contributed by atoms with Gasteiger partial charge in [-0.25, -0.2) is 14.2 Å². The predicted molar refractivity (Wildman–Crippen MR) is 103 cm³/mol. The first-order valence-corrected chi connectivity index (χ1v) is 8.87. The van der Waals surface area contributed by atoms with Crippen LogP contribution in [-0.2, 0) is 16.1 Å². The number of hydrogen-bond donors (Lipinski definition) is 1. The maximum Gasteiger partial charge on any atom is 0.336 e. The van der Waals surface area contributed by atoms with Crippen LogP contribution in [0.15, 0.2) is 48.5 Å². The Morgan fingerprint density at radius 2 is 1.97 bits per heavy atom. The molecular formula is C22H18FNO5. The maximum atomic E-state index is 15.0. The first-order chi connectivity index (χ1) is 14.0. The third-order valence-corrected chi connectivity index (χ3v) is 4.84. The first-order valence-electron chi connectivity index (χ1n) is 8.87. The van der Waals surface area contributed by atoms with Crippen molar-refractivity contribution in [2.45, 2.75) is 12.9 Å². The number of aromatic carboxylic acids is 1. The molecule has 29 heavy (non-hydrogen) atoms. The summed E-state index contributed by atoms with van der Waals surface area (Å²) in [7, 11) is 3.00. The van der Waals surface area contributed by atoms with Gasteiger partial charge in [-0.3, -0.25) is 0 Å². The van der Waals surface area contributed by atoms with Crippen LogP contribution < -0.4 is 4.74 Å². The van der Waals surface area contributed by atoms with Crippen molar-refractivity contribution < 1.29 is 28.5 Å². The molecule has 1 aliphatic rings. The van der Waals surface area contributed by atoms with Crippen molar-refractivity contribution in [1.29, 1.82) is 0 Å². The average molecular weight is 395 g/mol. The van der Waals surface area contributed by atoms with Crippen molar-refractivity contribution in [1.82, 2.24) is 4.98 Å². The molecule has 2 aromatic carbocycles. The zero-order valence-electron chi connectivity index (χ0n) is 15.8. The van der Waals surface area contributed by atoms with E-state index >= 15 is 0 Å². The van der Waals surface area contributed by atoms with E-state index in [0.717, 1.165) is 5.56 Å². The molecule has 0 aliphatic carbocycles. The second-order valence-electron chi connectivity index (χ2n) is 6.53. The quantitative estimate of drug-likeness (QED) is 0.688. The normalized spacial score (nSPS) is 15.2. The van der Waals surface area contributed by atoms with Gasteiger partial charge in [-0.1, -0.05) is 18.2 Å². The van der Waals surface area contributed by atoms with Gasteiger partial charge >= 0.3 is 5.97 Å². The Bertz CT molecular complexity index is 1100. The molecular weight excluding hydrogens is 377 g/mol. The molecule has 148 valence electrons. The summed E-state index contributed by atoms with van der Waals surface area (Å²) in [5.41, 5.74) is 2.72. The molecule has 4 rings (SSSR count). The highest BCUT2D eigenvalue weighted by Gasteiger charge is 2.31. The van der Waals surface area contributed by atoms with Crippen molar-refractivity contribution >= 4 is 5.97 Å². The molecule has 1 aliphatic heterocycles. The molecule has 7 heteroatoms. The summed E-state index contributed by atoms with van der Waals surface area (Å²) in [6, 6.07) is 13.4. The number of ether oxygens (including phenoxy) is 3. The molecule has 1 atom stereocenters. The molecule has 0 spiro atoms. The van der Waals surface area contributed by atoms with E-state index < -0.39 is 18.1 Å². The Morgan fingerprint density at radius 1 is 1.17 bits per heavy atom. The summed E-state index contributed by atoms with van der Waals surface area (Å²) in [6.07, 6.45) is -0.794. The first kappa shape index (κ1) is 19.0. The van der Waals surface area contributed by atoms with Crippen molar-refractivity contribution in [3.05, 3.63) is 71.2 Å². The largest absolute Gasteiger partial charge is 0.497 e. The molecule has 0 radical (unpaired) electrons. The van der Waals surface area contributed by atoms with Gasteiger partial charge in [0.2, 0.25) is 0 Å². The van der Waals surface area contributed by atoms with Gasteiger partial charge in [0.1, 0.15) is 11.6 Å². The van der Waals surface area contributed by atoms with Gasteiger partial charge in [-0.05, 0) is 41.5 Å². The van der Waals surface area contributed by atoms with E-state index in [1.807, 2.05) is 24.3 Å². The second kappa shape index (κ2) is 7.62. The minimum Gasteiger partial charge on any atom is -0.497 e. The lowest BCUT2D eigenvalue weighted by Crippen LogP contribution is -2.09. The summed E-state index contributed by atoms with van der Waals surface area (Å²) in [6.45, 7) is 0.103. The third-order valence-electron chi connectivity index (χ3n) is 4.84. The van der Waals surface area contributed by atoms with Crippen LogP contribution in [0.1, 0.15) is 27.9 Å². The van der Waals surface area contributed by atoms with Gasteiger partial charge in [-0.15, -0.1) is 0 Å². The third kappa shape index (κ3) is 3.46. The zero-order chi connectivity index (χ0) is 20.5. The highest BCUT2D eigenvalue weighted by molar-refractivity contribution is 5.91. The van der Waals surface area contributed by atoms with Crippen LogP contribution >= 0.6 is 0 Å². The van der Waals surface area contributed by atoms with E-state index in [1.165, 1.54) is 19.2 Å². The molecule has 1 N–H and O–H groups in total. The molecule has 1 unspecified atom stereocenters. The monoisotopic (exact) mass is 395 g/mol. The van der Waals surface area contributed by atoms with E-state index in [1.54, 1.807) is 19.2 Å². The lowest BCUT2D eigenvalue weighted by atomic mass is 9.99. The summed E-state index contributed by atoms with van der Waals surface area (Å²) < 4.78 is 30.8. The lowest BCUT2D eigenvalue weighted by Gasteiger charge is -2.13. The number of pyridine rings is 1. The van der Waals surface area contributed by atoms with Gasteiger partial charge in [0.05, 0.1) is 30.7 Å². The summed E-state index contributed by atoms with van der Waals surface area (Å²) >= 11 is 0.